The van der Waals surface area contributed by atoms with Crippen molar-refractivity contribution in [3.8, 4) is 0 Å². The molecule has 2 rings (SSSR count). The summed E-state index contributed by atoms with van der Waals surface area (Å²) in [5.74, 6) is -0.209. The topological polar surface area (TPSA) is 228 Å². The average molecular weight is 1300 g/mol. The molecule has 0 aromatic rings. The van der Waals surface area contributed by atoms with Gasteiger partial charge in [0.05, 0.1) is 32.0 Å². The molecule has 2 aliphatic rings. The number of amides is 1. The van der Waals surface area contributed by atoms with Crippen molar-refractivity contribution in [3.05, 3.63) is 97.2 Å². The van der Waals surface area contributed by atoms with Crippen molar-refractivity contribution in [1.29, 1.82) is 0 Å². The summed E-state index contributed by atoms with van der Waals surface area (Å²) >= 11 is 0. The Hall–Kier alpha value is -3.09. The third-order valence-electron chi connectivity index (χ3n) is 17.8. The molecule has 0 aromatic heterocycles. The van der Waals surface area contributed by atoms with Crippen molar-refractivity contribution in [2.45, 2.75) is 370 Å². The van der Waals surface area contributed by atoms with Crippen LogP contribution in [-0.2, 0) is 23.7 Å². The minimum Gasteiger partial charge on any atom is -0.394 e. The minimum atomic E-state index is -1.79. The summed E-state index contributed by atoms with van der Waals surface area (Å²) in [6.07, 6.45) is 69.9. The summed E-state index contributed by atoms with van der Waals surface area (Å²) in [6.45, 7) is 2.78. The normalized spacial score (nSPS) is 23.2. The summed E-state index contributed by atoms with van der Waals surface area (Å²) < 4.78 is 22.9. The summed E-state index contributed by atoms with van der Waals surface area (Å²) in [5.41, 5.74) is 0. The zero-order valence-electron chi connectivity index (χ0n) is 58.0. The second kappa shape index (κ2) is 61.5. The SMILES string of the molecule is CC/C=C\C/C=C\C/C=C\C/C=C\C/C=C\C/C=C\C/C=C\C/C=C\CCCCCCCCCCCCCCC(=O)NC(COC1OC(CO)C(OC2OC(CO)C(O)C(O)C2O)C(O)C1O)C(O)CCCCCCCCCCCCCCCCCCCCCCC. The maximum absolute atomic E-state index is 13.4. The van der Waals surface area contributed by atoms with Gasteiger partial charge in [0.25, 0.3) is 0 Å². The molecule has 0 saturated carbocycles. The van der Waals surface area contributed by atoms with E-state index in [1.54, 1.807) is 0 Å². The predicted octanol–water partition coefficient (Wildman–Crippen LogP) is 16.1. The Morgan fingerprint density at radius 1 is 0.402 bits per heavy atom. The van der Waals surface area contributed by atoms with E-state index in [4.69, 9.17) is 18.9 Å². The number of hydrogen-bond donors (Lipinski definition) is 9. The maximum atomic E-state index is 13.4. The molecule has 12 unspecified atom stereocenters. The van der Waals surface area contributed by atoms with Gasteiger partial charge in [0.2, 0.25) is 5.91 Å². The lowest BCUT2D eigenvalue weighted by atomic mass is 9.97. The Labute approximate surface area is 560 Å². The van der Waals surface area contributed by atoms with Gasteiger partial charge in [0, 0.05) is 6.42 Å². The van der Waals surface area contributed by atoms with Crippen molar-refractivity contribution in [3.63, 3.8) is 0 Å². The van der Waals surface area contributed by atoms with Gasteiger partial charge in [0.1, 0.15) is 48.8 Å². The van der Waals surface area contributed by atoms with Gasteiger partial charge in [-0.25, -0.2) is 0 Å². The van der Waals surface area contributed by atoms with Gasteiger partial charge < -0.3 is 65.1 Å². The number of allylic oxidation sites excluding steroid dienone is 16. The number of hydrogen-bond acceptors (Lipinski definition) is 13. The number of aliphatic hydroxyl groups excluding tert-OH is 8. The molecular weight excluding hydrogens is 1160 g/mol. The van der Waals surface area contributed by atoms with Gasteiger partial charge >= 0.3 is 0 Å². The number of aliphatic hydroxyl groups is 8. The minimum absolute atomic E-state index is 0.209. The predicted molar refractivity (Wildman–Crippen MR) is 378 cm³/mol. The number of rotatable bonds is 61. The molecule has 0 aliphatic carbocycles. The van der Waals surface area contributed by atoms with Crippen LogP contribution in [0.5, 0.6) is 0 Å². The van der Waals surface area contributed by atoms with E-state index in [9.17, 15) is 45.6 Å². The highest BCUT2D eigenvalue weighted by Crippen LogP contribution is 2.30. The van der Waals surface area contributed by atoms with Crippen molar-refractivity contribution >= 4 is 5.91 Å². The first-order valence-corrected chi connectivity index (χ1v) is 37.5. The number of unbranched alkanes of at least 4 members (excludes halogenated alkanes) is 32. The quantitative estimate of drug-likeness (QED) is 0.0204. The van der Waals surface area contributed by atoms with E-state index in [-0.39, 0.29) is 12.5 Å². The molecule has 12 atom stereocenters. The third-order valence-corrected chi connectivity index (χ3v) is 17.8. The van der Waals surface area contributed by atoms with E-state index in [1.807, 2.05) is 0 Å². The van der Waals surface area contributed by atoms with Crippen LogP contribution < -0.4 is 5.32 Å². The molecule has 1 amide bonds. The first kappa shape index (κ1) is 85.0. The lowest BCUT2D eigenvalue weighted by molar-refractivity contribution is -0.359. The number of ether oxygens (including phenoxy) is 4. The molecule has 2 aliphatic heterocycles. The van der Waals surface area contributed by atoms with Crippen LogP contribution in [0.4, 0.5) is 0 Å². The van der Waals surface area contributed by atoms with E-state index in [1.165, 1.54) is 161 Å². The fourth-order valence-electron chi connectivity index (χ4n) is 11.9. The fourth-order valence-corrected chi connectivity index (χ4v) is 11.9. The van der Waals surface area contributed by atoms with E-state index in [0.29, 0.717) is 12.8 Å². The molecule has 2 fully saturated rings. The van der Waals surface area contributed by atoms with Gasteiger partial charge in [-0.05, 0) is 77.0 Å². The van der Waals surface area contributed by atoms with Crippen molar-refractivity contribution in [2.75, 3.05) is 19.8 Å². The van der Waals surface area contributed by atoms with Crippen LogP contribution in [0.2, 0.25) is 0 Å². The van der Waals surface area contributed by atoms with Crippen LogP contribution in [0, 0.1) is 0 Å². The van der Waals surface area contributed by atoms with Crippen molar-refractivity contribution in [1.82, 2.24) is 5.32 Å². The number of carbonyl (C=O) groups excluding carboxylic acids is 1. The molecule has 0 radical (unpaired) electrons. The Morgan fingerprint density at radius 2 is 0.750 bits per heavy atom. The first-order valence-electron chi connectivity index (χ1n) is 37.5. The second-order valence-corrected chi connectivity index (χ2v) is 26.0. The number of carbonyl (C=O) groups is 1. The molecule has 2 saturated heterocycles. The highest BCUT2D eigenvalue weighted by molar-refractivity contribution is 5.76. The van der Waals surface area contributed by atoms with E-state index in [2.05, 4.69) is 116 Å². The fraction of sp³-hybridized carbons (Fsp3) is 0.782. The van der Waals surface area contributed by atoms with Crippen LogP contribution in [0.15, 0.2) is 97.2 Å². The Kier molecular flexibility index (Phi) is 56.8. The largest absolute Gasteiger partial charge is 0.394 e. The first-order chi connectivity index (χ1) is 45.1. The van der Waals surface area contributed by atoms with Crippen LogP contribution >= 0.6 is 0 Å². The van der Waals surface area contributed by atoms with Crippen LogP contribution in [0.25, 0.3) is 0 Å². The van der Waals surface area contributed by atoms with Crippen molar-refractivity contribution in [2.24, 2.45) is 0 Å². The Bertz CT molecular complexity index is 1920. The molecule has 0 bridgehead atoms. The molecule has 9 N–H and O–H groups in total. The van der Waals surface area contributed by atoms with Gasteiger partial charge in [0.15, 0.2) is 12.6 Å². The summed E-state index contributed by atoms with van der Waals surface area (Å²) in [6, 6.07) is -0.836. The lowest BCUT2D eigenvalue weighted by Crippen LogP contribution is -2.65. The molecular formula is C78H137NO13. The van der Waals surface area contributed by atoms with Gasteiger partial charge in [-0.15, -0.1) is 0 Å². The van der Waals surface area contributed by atoms with Gasteiger partial charge in [-0.2, -0.15) is 0 Å². The molecule has 92 heavy (non-hydrogen) atoms. The van der Waals surface area contributed by atoms with Crippen LogP contribution in [0.3, 0.4) is 0 Å². The summed E-state index contributed by atoms with van der Waals surface area (Å²) in [5, 5.41) is 87.7. The zero-order chi connectivity index (χ0) is 66.6. The maximum Gasteiger partial charge on any atom is 0.220 e. The van der Waals surface area contributed by atoms with Gasteiger partial charge in [-0.3, -0.25) is 4.79 Å². The van der Waals surface area contributed by atoms with Crippen LogP contribution in [-0.4, -0.2) is 140 Å². The molecule has 14 nitrogen and oxygen atoms in total. The van der Waals surface area contributed by atoms with E-state index in [0.717, 1.165) is 109 Å². The molecule has 2 heterocycles. The van der Waals surface area contributed by atoms with E-state index >= 15 is 0 Å². The third kappa shape index (κ3) is 44.6. The summed E-state index contributed by atoms with van der Waals surface area (Å²) in [4.78, 5) is 13.4. The van der Waals surface area contributed by atoms with E-state index < -0.39 is 86.8 Å². The monoisotopic (exact) mass is 1300 g/mol. The number of nitrogens with one attached hydrogen (secondary N) is 1. The Morgan fingerprint density at radius 3 is 1.15 bits per heavy atom. The Balaban J connectivity index is 1.63. The smallest absolute Gasteiger partial charge is 0.220 e. The van der Waals surface area contributed by atoms with Crippen LogP contribution in [0.1, 0.15) is 296 Å². The second-order valence-electron chi connectivity index (χ2n) is 26.0. The highest BCUT2D eigenvalue weighted by Gasteiger charge is 2.51. The zero-order valence-corrected chi connectivity index (χ0v) is 58.0. The molecule has 532 valence electrons. The molecule has 14 heteroatoms. The lowest BCUT2D eigenvalue weighted by Gasteiger charge is -2.46. The standard InChI is InChI=1S/C78H137NO13/c1-3-5-7-9-11-13-15-17-19-21-23-25-26-27-28-29-30-31-32-33-34-35-36-37-38-39-40-42-44-46-48-50-52-54-56-58-60-62-70(83)79-66(67(82)61-59-57-55-53-51-49-47-45-43-41-24-22-20-18-16-14-12-10-8-6-4-2)65-89-77-75(88)73(86)76(69(64-81)91-77)92-78-74(87)72(85)71(84)68(63-80)90-78/h5,7,11,13,17,19,23,25,27-28,30-31,33-34,36-37,66-69,71-78,80-82,84-88H,3-4,6,8-10,12,14-16,18,20-22,24,26,29,32,35,38-65H2,1-2H3,(H,79,83)/b7-5-,13-11-,19-17-,25-23-,28-27-,31-30-,34-33-,37-36-. The summed E-state index contributed by atoms with van der Waals surface area (Å²) in [7, 11) is 0. The average Bonchev–Trinajstić information content (AvgIpc) is 0.915. The molecule has 0 aromatic carbocycles. The highest BCUT2D eigenvalue weighted by atomic mass is 16.7. The molecule has 0 spiro atoms. The van der Waals surface area contributed by atoms with Gasteiger partial charge in [-0.1, -0.05) is 310 Å². The van der Waals surface area contributed by atoms with Crippen molar-refractivity contribution < 1.29 is 64.6 Å².